The summed E-state index contributed by atoms with van der Waals surface area (Å²) in [4.78, 5) is 12.3. The lowest BCUT2D eigenvalue weighted by Gasteiger charge is -2.19. The quantitative estimate of drug-likeness (QED) is 0.826. The lowest BCUT2D eigenvalue weighted by molar-refractivity contribution is -0.125. The number of carbonyl (C=O) groups excluding carboxylic acids is 1. The molecule has 2 aromatic rings. The highest BCUT2D eigenvalue weighted by Crippen LogP contribution is 2.19. The lowest BCUT2D eigenvalue weighted by atomic mass is 9.94. The predicted octanol–water partition coefficient (Wildman–Crippen LogP) is 2.69. The molecular formula is C19H24N2O2. The number of benzene rings is 2. The van der Waals surface area contributed by atoms with Crippen molar-refractivity contribution >= 4 is 5.91 Å². The molecule has 0 saturated carbocycles. The molecule has 0 spiro atoms. The van der Waals surface area contributed by atoms with Gasteiger partial charge in [0.15, 0.2) is 0 Å². The number of hydrogen-bond acceptors (Lipinski definition) is 3. The summed E-state index contributed by atoms with van der Waals surface area (Å²) >= 11 is 0. The third-order valence-corrected chi connectivity index (χ3v) is 3.98. The van der Waals surface area contributed by atoms with Crippen molar-refractivity contribution in [2.75, 3.05) is 13.7 Å². The first-order valence-electron chi connectivity index (χ1n) is 7.83. The maximum atomic E-state index is 12.3. The van der Waals surface area contributed by atoms with Crippen LogP contribution in [0.5, 0.6) is 5.75 Å². The molecule has 0 bridgehead atoms. The average molecular weight is 312 g/mol. The molecule has 0 aliphatic heterocycles. The van der Waals surface area contributed by atoms with E-state index in [9.17, 15) is 4.79 Å². The van der Waals surface area contributed by atoms with E-state index in [1.54, 1.807) is 7.11 Å². The first-order chi connectivity index (χ1) is 11.1. The molecule has 2 atom stereocenters. The zero-order chi connectivity index (χ0) is 16.7. The second-order valence-corrected chi connectivity index (χ2v) is 5.62. The summed E-state index contributed by atoms with van der Waals surface area (Å²) in [6.07, 6.45) is 0.760. The van der Waals surface area contributed by atoms with Crippen LogP contribution in [-0.2, 0) is 11.2 Å². The van der Waals surface area contributed by atoms with Gasteiger partial charge in [0, 0.05) is 12.6 Å². The summed E-state index contributed by atoms with van der Waals surface area (Å²) in [7, 11) is 1.65. The first kappa shape index (κ1) is 17.0. The van der Waals surface area contributed by atoms with E-state index in [2.05, 4.69) is 5.32 Å². The minimum atomic E-state index is -0.298. The standard InChI is InChI=1S/C19H24N2O2/c1-14(18(20)16-8-4-3-5-9-16)19(22)21-12-11-15-7-6-10-17(13-15)23-2/h3-10,13-14,18H,11-12,20H2,1-2H3,(H,21,22). The van der Waals surface area contributed by atoms with Crippen molar-refractivity contribution < 1.29 is 9.53 Å². The molecule has 0 aromatic heterocycles. The van der Waals surface area contributed by atoms with Crippen LogP contribution in [0.15, 0.2) is 54.6 Å². The highest BCUT2D eigenvalue weighted by molar-refractivity contribution is 5.79. The lowest BCUT2D eigenvalue weighted by Crippen LogP contribution is -2.36. The molecule has 0 aliphatic rings. The minimum absolute atomic E-state index is 0.0238. The van der Waals surface area contributed by atoms with Gasteiger partial charge in [0.1, 0.15) is 5.75 Å². The number of methoxy groups -OCH3 is 1. The van der Waals surface area contributed by atoms with Crippen LogP contribution in [0.2, 0.25) is 0 Å². The Labute approximate surface area is 137 Å². The van der Waals surface area contributed by atoms with Crippen LogP contribution in [0.1, 0.15) is 24.1 Å². The monoisotopic (exact) mass is 312 g/mol. The van der Waals surface area contributed by atoms with Crippen LogP contribution in [0.3, 0.4) is 0 Å². The number of carbonyl (C=O) groups is 1. The van der Waals surface area contributed by atoms with Crippen molar-refractivity contribution in [1.29, 1.82) is 0 Å². The molecule has 0 radical (unpaired) electrons. The highest BCUT2D eigenvalue weighted by Gasteiger charge is 2.21. The number of nitrogens with one attached hydrogen (secondary N) is 1. The summed E-state index contributed by atoms with van der Waals surface area (Å²) in [5.41, 5.74) is 8.29. The summed E-state index contributed by atoms with van der Waals surface area (Å²) in [5.74, 6) is 0.528. The van der Waals surface area contributed by atoms with Gasteiger partial charge in [-0.05, 0) is 29.7 Å². The fourth-order valence-corrected chi connectivity index (χ4v) is 2.45. The average Bonchev–Trinajstić information content (AvgIpc) is 2.61. The second-order valence-electron chi connectivity index (χ2n) is 5.62. The molecule has 0 aliphatic carbocycles. The Balaban J connectivity index is 1.84. The molecule has 2 rings (SSSR count). The number of rotatable bonds is 7. The van der Waals surface area contributed by atoms with E-state index in [4.69, 9.17) is 10.5 Å². The van der Waals surface area contributed by atoms with Gasteiger partial charge in [-0.25, -0.2) is 0 Å². The largest absolute Gasteiger partial charge is 0.497 e. The Hall–Kier alpha value is -2.33. The van der Waals surface area contributed by atoms with Gasteiger partial charge in [0.05, 0.1) is 13.0 Å². The van der Waals surface area contributed by atoms with Gasteiger partial charge >= 0.3 is 0 Å². The van der Waals surface area contributed by atoms with E-state index in [1.807, 2.05) is 61.5 Å². The van der Waals surface area contributed by atoms with Gasteiger partial charge in [-0.15, -0.1) is 0 Å². The number of hydrogen-bond donors (Lipinski definition) is 2. The van der Waals surface area contributed by atoms with Crippen molar-refractivity contribution in [1.82, 2.24) is 5.32 Å². The van der Waals surface area contributed by atoms with Gasteiger partial charge in [0.25, 0.3) is 0 Å². The topological polar surface area (TPSA) is 64.3 Å². The van der Waals surface area contributed by atoms with Crippen LogP contribution in [0, 0.1) is 5.92 Å². The number of ether oxygens (including phenoxy) is 1. The summed E-state index contributed by atoms with van der Waals surface area (Å²) in [6, 6.07) is 17.3. The highest BCUT2D eigenvalue weighted by atomic mass is 16.5. The molecule has 0 saturated heterocycles. The second kappa shape index (κ2) is 8.34. The fourth-order valence-electron chi connectivity index (χ4n) is 2.45. The molecule has 3 N–H and O–H groups in total. The molecule has 1 amide bonds. The third-order valence-electron chi connectivity index (χ3n) is 3.98. The summed E-state index contributed by atoms with van der Waals surface area (Å²) in [6.45, 7) is 2.44. The van der Waals surface area contributed by atoms with E-state index in [0.717, 1.165) is 23.3 Å². The maximum Gasteiger partial charge on any atom is 0.224 e. The normalized spacial score (nSPS) is 13.2. The summed E-state index contributed by atoms with van der Waals surface area (Å²) < 4.78 is 5.20. The molecular weight excluding hydrogens is 288 g/mol. The van der Waals surface area contributed by atoms with Crippen LogP contribution >= 0.6 is 0 Å². The van der Waals surface area contributed by atoms with E-state index < -0.39 is 0 Å². The molecule has 4 nitrogen and oxygen atoms in total. The molecule has 2 aromatic carbocycles. The molecule has 0 heterocycles. The van der Waals surface area contributed by atoms with Crippen LogP contribution in [0.25, 0.3) is 0 Å². The molecule has 0 fully saturated rings. The molecule has 2 unspecified atom stereocenters. The predicted molar refractivity (Wildman–Crippen MR) is 92.2 cm³/mol. The van der Waals surface area contributed by atoms with E-state index in [-0.39, 0.29) is 17.9 Å². The van der Waals surface area contributed by atoms with Gasteiger partial charge < -0.3 is 15.8 Å². The van der Waals surface area contributed by atoms with Crippen molar-refractivity contribution in [2.24, 2.45) is 11.7 Å². The Kier molecular flexibility index (Phi) is 6.18. The van der Waals surface area contributed by atoms with E-state index in [1.165, 1.54) is 0 Å². The van der Waals surface area contributed by atoms with Gasteiger partial charge in [-0.1, -0.05) is 49.4 Å². The van der Waals surface area contributed by atoms with Crippen LogP contribution in [0.4, 0.5) is 0 Å². The van der Waals surface area contributed by atoms with Crippen molar-refractivity contribution in [2.45, 2.75) is 19.4 Å². The van der Waals surface area contributed by atoms with Gasteiger partial charge in [0.2, 0.25) is 5.91 Å². The van der Waals surface area contributed by atoms with Crippen molar-refractivity contribution in [3.8, 4) is 5.75 Å². The zero-order valence-corrected chi connectivity index (χ0v) is 13.7. The van der Waals surface area contributed by atoms with Crippen LogP contribution < -0.4 is 15.8 Å². The maximum absolute atomic E-state index is 12.3. The Morgan fingerprint density at radius 3 is 2.61 bits per heavy atom. The van der Waals surface area contributed by atoms with Gasteiger partial charge in [-0.2, -0.15) is 0 Å². The van der Waals surface area contributed by atoms with Gasteiger partial charge in [-0.3, -0.25) is 4.79 Å². The Morgan fingerprint density at radius 2 is 1.91 bits per heavy atom. The zero-order valence-electron chi connectivity index (χ0n) is 13.7. The summed E-state index contributed by atoms with van der Waals surface area (Å²) in [5, 5.41) is 2.96. The van der Waals surface area contributed by atoms with Crippen LogP contribution in [-0.4, -0.2) is 19.6 Å². The third kappa shape index (κ3) is 4.83. The molecule has 122 valence electrons. The SMILES string of the molecule is COc1cccc(CCNC(=O)C(C)C(N)c2ccccc2)c1. The smallest absolute Gasteiger partial charge is 0.224 e. The van der Waals surface area contributed by atoms with Crippen molar-refractivity contribution in [3.05, 3.63) is 65.7 Å². The van der Waals surface area contributed by atoms with E-state index in [0.29, 0.717) is 6.54 Å². The first-order valence-corrected chi connectivity index (χ1v) is 7.83. The molecule has 4 heteroatoms. The van der Waals surface area contributed by atoms with Crippen molar-refractivity contribution in [3.63, 3.8) is 0 Å². The number of amides is 1. The Bertz CT molecular complexity index is 628. The number of nitrogens with two attached hydrogens (primary N) is 1. The Morgan fingerprint density at radius 1 is 1.17 bits per heavy atom. The molecule has 23 heavy (non-hydrogen) atoms. The minimum Gasteiger partial charge on any atom is -0.497 e. The fraction of sp³-hybridized carbons (Fsp3) is 0.316. The van der Waals surface area contributed by atoms with E-state index >= 15 is 0 Å².